The summed E-state index contributed by atoms with van der Waals surface area (Å²) in [6.45, 7) is 5.13. The molecule has 1 unspecified atom stereocenters. The molecule has 0 amide bonds. The van der Waals surface area contributed by atoms with Crippen LogP contribution in [0.4, 0.5) is 4.39 Å². The van der Waals surface area contributed by atoms with Crippen LogP contribution in [0, 0.1) is 5.82 Å². The lowest BCUT2D eigenvalue weighted by Crippen LogP contribution is -2.48. The predicted molar refractivity (Wildman–Crippen MR) is 142 cm³/mol. The molecule has 1 atom stereocenters. The zero-order valence-corrected chi connectivity index (χ0v) is 21.2. The van der Waals surface area contributed by atoms with Crippen molar-refractivity contribution in [1.82, 2.24) is 9.80 Å². The maximum absolute atomic E-state index is 13.9. The Kier molecular flexibility index (Phi) is 10.9. The van der Waals surface area contributed by atoms with E-state index in [2.05, 4.69) is 34.1 Å². The van der Waals surface area contributed by atoms with Gasteiger partial charge in [0.15, 0.2) is 5.78 Å². The molecular weight excluding hydrogens is 479 g/mol. The van der Waals surface area contributed by atoms with Crippen molar-refractivity contribution in [2.45, 2.75) is 25.5 Å². The van der Waals surface area contributed by atoms with Crippen LogP contribution in [0.15, 0.2) is 78.9 Å². The lowest BCUT2D eigenvalue weighted by Gasteiger charge is -2.35. The van der Waals surface area contributed by atoms with Crippen LogP contribution >= 0.6 is 12.4 Å². The van der Waals surface area contributed by atoms with Crippen molar-refractivity contribution >= 4 is 18.2 Å². The van der Waals surface area contributed by atoms with Gasteiger partial charge in [-0.3, -0.25) is 14.6 Å². The zero-order chi connectivity index (χ0) is 24.5. The lowest BCUT2D eigenvalue weighted by atomic mass is 10.0. The van der Waals surface area contributed by atoms with E-state index < -0.39 is 11.9 Å². The summed E-state index contributed by atoms with van der Waals surface area (Å²) < 4.78 is 19.7. The van der Waals surface area contributed by atoms with E-state index in [0.717, 1.165) is 38.3 Å². The fraction of sp³-hybridized carbons (Fsp3) is 0.345. The highest BCUT2D eigenvalue weighted by Gasteiger charge is 2.21. The monoisotopic (exact) mass is 512 g/mol. The first-order valence-corrected chi connectivity index (χ1v) is 12.2. The molecule has 192 valence electrons. The van der Waals surface area contributed by atoms with Gasteiger partial charge in [0.1, 0.15) is 24.3 Å². The Balaban J connectivity index is 0.00000361. The highest BCUT2D eigenvalue weighted by molar-refractivity contribution is 5.98. The van der Waals surface area contributed by atoms with Crippen molar-refractivity contribution in [3.05, 3.63) is 101 Å². The largest absolute Gasteiger partial charge is 0.490 e. The van der Waals surface area contributed by atoms with E-state index in [1.807, 2.05) is 36.4 Å². The number of rotatable bonds is 11. The molecule has 0 radical (unpaired) electrons. The summed E-state index contributed by atoms with van der Waals surface area (Å²) >= 11 is 0. The number of aliphatic hydroxyl groups excluding tert-OH is 1. The molecule has 0 aliphatic carbocycles. The maximum atomic E-state index is 13.9. The Morgan fingerprint density at radius 3 is 2.17 bits per heavy atom. The number of halogens is 2. The number of hydrogen-bond acceptors (Lipinski definition) is 5. The first kappa shape index (κ1) is 27.8. The summed E-state index contributed by atoms with van der Waals surface area (Å²) in [7, 11) is 0. The first-order chi connectivity index (χ1) is 17.1. The molecule has 4 rings (SSSR count). The molecule has 0 spiro atoms. The number of aliphatic hydroxyl groups is 1. The molecule has 0 aromatic heterocycles. The van der Waals surface area contributed by atoms with Gasteiger partial charge in [-0.1, -0.05) is 60.7 Å². The molecule has 1 aliphatic heterocycles. The van der Waals surface area contributed by atoms with E-state index >= 15 is 0 Å². The van der Waals surface area contributed by atoms with Gasteiger partial charge in [-0.05, 0) is 35.7 Å². The minimum atomic E-state index is -0.701. The number of carbonyl (C=O) groups excluding carboxylic acids is 1. The molecule has 1 saturated heterocycles. The summed E-state index contributed by atoms with van der Waals surface area (Å²) in [6.07, 6.45) is 0.140. The molecule has 0 bridgehead atoms. The zero-order valence-electron chi connectivity index (χ0n) is 20.4. The third-order valence-corrected chi connectivity index (χ3v) is 6.34. The van der Waals surface area contributed by atoms with Crippen molar-refractivity contribution in [1.29, 1.82) is 0 Å². The van der Waals surface area contributed by atoms with Gasteiger partial charge in [-0.15, -0.1) is 12.4 Å². The van der Waals surface area contributed by atoms with Crippen LogP contribution in [0.2, 0.25) is 0 Å². The van der Waals surface area contributed by atoms with Crippen LogP contribution in [0.1, 0.15) is 27.9 Å². The average molecular weight is 513 g/mol. The molecule has 1 N–H and O–H groups in total. The second-order valence-corrected chi connectivity index (χ2v) is 9.08. The van der Waals surface area contributed by atoms with Gasteiger partial charge in [0.05, 0.1) is 5.56 Å². The minimum Gasteiger partial charge on any atom is -0.490 e. The number of nitrogens with zero attached hydrogens (tertiary/aromatic N) is 2. The smallest absolute Gasteiger partial charge is 0.167 e. The number of benzene rings is 3. The van der Waals surface area contributed by atoms with Crippen molar-refractivity contribution in [2.75, 3.05) is 39.3 Å². The molecular formula is C29H34ClFN2O3. The van der Waals surface area contributed by atoms with E-state index in [4.69, 9.17) is 4.74 Å². The Hall–Kier alpha value is -2.77. The van der Waals surface area contributed by atoms with Crippen molar-refractivity contribution in [3.8, 4) is 5.75 Å². The molecule has 1 aliphatic rings. The van der Waals surface area contributed by atoms with Crippen LogP contribution in [0.3, 0.4) is 0 Å². The molecule has 7 heteroatoms. The third-order valence-electron chi connectivity index (χ3n) is 6.34. The Bertz CT molecular complexity index is 1080. The van der Waals surface area contributed by atoms with Crippen molar-refractivity contribution < 1.29 is 19.0 Å². The fourth-order valence-electron chi connectivity index (χ4n) is 4.39. The minimum absolute atomic E-state index is 0. The quantitative estimate of drug-likeness (QED) is 0.380. The number of piperazine rings is 1. The average Bonchev–Trinajstić information content (AvgIpc) is 2.89. The van der Waals surface area contributed by atoms with Crippen LogP contribution in [0.5, 0.6) is 5.75 Å². The summed E-state index contributed by atoms with van der Waals surface area (Å²) in [5.41, 5.74) is 2.59. The van der Waals surface area contributed by atoms with Crippen LogP contribution in [-0.2, 0) is 13.0 Å². The Morgan fingerprint density at radius 2 is 1.50 bits per heavy atom. The number of Topliss-reactive ketones (excluding diaryl/α,β-unsaturated/α-hetero) is 1. The van der Waals surface area contributed by atoms with Gasteiger partial charge in [0.2, 0.25) is 0 Å². The molecule has 1 fully saturated rings. The molecule has 1 heterocycles. The summed E-state index contributed by atoms with van der Waals surface area (Å²) in [6, 6.07) is 24.1. The Morgan fingerprint density at radius 1 is 0.889 bits per heavy atom. The molecule has 3 aromatic carbocycles. The standard InChI is InChI=1S/C29H33FN2O3.ClH/c30-25-12-14-29(27(19-25)28(34)13-11-23-7-3-1-4-8-23)35-22-26(33)21-32-17-15-31(16-18-32)20-24-9-5-2-6-10-24;/h1-10,12,14,19,26,33H,11,13,15-18,20-22H2;1H. The maximum Gasteiger partial charge on any atom is 0.167 e. The number of hydrogen-bond donors (Lipinski definition) is 1. The number of β-amino-alcohol motifs (C(OH)–C–C–N with tert-alkyl or cyclic N) is 1. The molecule has 36 heavy (non-hydrogen) atoms. The summed E-state index contributed by atoms with van der Waals surface area (Å²) in [4.78, 5) is 17.4. The van der Waals surface area contributed by atoms with Gasteiger partial charge >= 0.3 is 0 Å². The van der Waals surface area contributed by atoms with E-state index in [1.54, 1.807) is 0 Å². The van der Waals surface area contributed by atoms with Crippen molar-refractivity contribution in [3.63, 3.8) is 0 Å². The SMILES string of the molecule is Cl.O=C(CCc1ccccc1)c1cc(F)ccc1OCC(O)CN1CCN(Cc2ccccc2)CC1. The van der Waals surface area contributed by atoms with E-state index in [1.165, 1.54) is 23.8 Å². The summed E-state index contributed by atoms with van der Waals surface area (Å²) in [5.74, 6) is -0.335. The number of ether oxygens (including phenoxy) is 1. The fourth-order valence-corrected chi connectivity index (χ4v) is 4.39. The van der Waals surface area contributed by atoms with Crippen molar-refractivity contribution in [2.24, 2.45) is 0 Å². The van der Waals surface area contributed by atoms with Crippen LogP contribution < -0.4 is 4.74 Å². The topological polar surface area (TPSA) is 53.0 Å². The highest BCUT2D eigenvalue weighted by atomic mass is 35.5. The molecule has 0 saturated carbocycles. The van der Waals surface area contributed by atoms with Gasteiger partial charge in [-0.2, -0.15) is 0 Å². The predicted octanol–water partition coefficient (Wildman–Crippen LogP) is 4.62. The number of ketones is 1. The van der Waals surface area contributed by atoms with Gasteiger partial charge < -0.3 is 9.84 Å². The number of aryl methyl sites for hydroxylation is 1. The van der Waals surface area contributed by atoms with E-state index in [0.29, 0.717) is 18.7 Å². The summed E-state index contributed by atoms with van der Waals surface area (Å²) in [5, 5.41) is 10.6. The normalized spacial score (nSPS) is 15.2. The lowest BCUT2D eigenvalue weighted by molar-refractivity contribution is 0.0443. The van der Waals surface area contributed by atoms with E-state index in [-0.39, 0.29) is 36.8 Å². The Labute approximate surface area is 218 Å². The van der Waals surface area contributed by atoms with E-state index in [9.17, 15) is 14.3 Å². The number of carbonyl (C=O) groups is 1. The first-order valence-electron chi connectivity index (χ1n) is 12.2. The van der Waals surface area contributed by atoms with Crippen LogP contribution in [0.25, 0.3) is 0 Å². The van der Waals surface area contributed by atoms with Gasteiger partial charge in [0, 0.05) is 45.7 Å². The third kappa shape index (κ3) is 8.42. The highest BCUT2D eigenvalue weighted by Crippen LogP contribution is 2.23. The van der Waals surface area contributed by atoms with Crippen LogP contribution in [-0.4, -0.2) is 66.1 Å². The molecule has 5 nitrogen and oxygen atoms in total. The second-order valence-electron chi connectivity index (χ2n) is 9.08. The van der Waals surface area contributed by atoms with Gasteiger partial charge in [-0.25, -0.2) is 4.39 Å². The second kappa shape index (κ2) is 14.1. The van der Waals surface area contributed by atoms with Gasteiger partial charge in [0.25, 0.3) is 0 Å². The molecule has 3 aromatic rings.